The molecule has 0 spiro atoms. The molecule has 0 radical (unpaired) electrons. The molecule has 1 N–H and O–H groups in total. The van der Waals surface area contributed by atoms with Crippen molar-refractivity contribution in [1.29, 1.82) is 0 Å². The van der Waals surface area contributed by atoms with Crippen molar-refractivity contribution < 1.29 is 0 Å². The molecule has 1 fully saturated rings. The number of hydrogen-bond acceptors (Lipinski definition) is 2. The summed E-state index contributed by atoms with van der Waals surface area (Å²) in [7, 11) is 0. The second-order valence-electron chi connectivity index (χ2n) is 7.75. The molecule has 0 saturated heterocycles. The first kappa shape index (κ1) is 15.1. The van der Waals surface area contributed by atoms with Crippen LogP contribution in [0.2, 0.25) is 0 Å². The summed E-state index contributed by atoms with van der Waals surface area (Å²) < 4.78 is 0. The average molecular weight is 279 g/mol. The Kier molecular flexibility index (Phi) is 4.42. The highest BCUT2D eigenvalue weighted by molar-refractivity contribution is 7.10. The minimum atomic E-state index is 0.418. The Morgan fingerprint density at radius 3 is 2.53 bits per heavy atom. The molecule has 1 heterocycles. The summed E-state index contributed by atoms with van der Waals surface area (Å²) in [5, 5.41) is 5.92. The summed E-state index contributed by atoms with van der Waals surface area (Å²) in [6, 6.07) is 4.54. The Bertz CT molecular complexity index is 380. The largest absolute Gasteiger partial charge is 0.316 e. The van der Waals surface area contributed by atoms with Crippen molar-refractivity contribution in [3.8, 4) is 0 Å². The highest BCUT2D eigenvalue weighted by atomic mass is 32.1. The molecule has 0 atom stereocenters. The first-order valence-corrected chi connectivity index (χ1v) is 8.46. The van der Waals surface area contributed by atoms with Gasteiger partial charge in [-0.15, -0.1) is 11.3 Å². The summed E-state index contributed by atoms with van der Waals surface area (Å²) in [5.41, 5.74) is 0.875. The first-order valence-electron chi connectivity index (χ1n) is 7.58. The van der Waals surface area contributed by atoms with Gasteiger partial charge in [-0.3, -0.25) is 0 Å². The second kappa shape index (κ2) is 5.57. The fourth-order valence-electron chi connectivity index (χ4n) is 3.11. The van der Waals surface area contributed by atoms with Crippen LogP contribution in [0.25, 0.3) is 0 Å². The summed E-state index contributed by atoms with van der Waals surface area (Å²) >= 11 is 1.94. The molecule has 108 valence electrons. The van der Waals surface area contributed by atoms with E-state index in [4.69, 9.17) is 0 Å². The number of nitrogens with one attached hydrogen (secondary N) is 1. The Morgan fingerprint density at radius 2 is 2.05 bits per heavy atom. The van der Waals surface area contributed by atoms with Gasteiger partial charge in [-0.2, -0.15) is 0 Å². The van der Waals surface area contributed by atoms with Crippen LogP contribution in [0.1, 0.15) is 52.3 Å². The van der Waals surface area contributed by atoms with Crippen LogP contribution < -0.4 is 5.32 Å². The zero-order valence-corrected chi connectivity index (χ0v) is 13.9. The van der Waals surface area contributed by atoms with Crippen LogP contribution in [-0.2, 0) is 5.41 Å². The summed E-state index contributed by atoms with van der Waals surface area (Å²) in [4.78, 5) is 1.59. The number of rotatable bonds is 5. The van der Waals surface area contributed by atoms with Gasteiger partial charge in [0.15, 0.2) is 0 Å². The van der Waals surface area contributed by atoms with E-state index in [1.54, 1.807) is 4.88 Å². The van der Waals surface area contributed by atoms with Crippen LogP contribution in [0.5, 0.6) is 0 Å². The molecular formula is C17H29NS. The molecular weight excluding hydrogens is 250 g/mol. The molecule has 1 aliphatic rings. The van der Waals surface area contributed by atoms with Crippen molar-refractivity contribution in [2.45, 2.75) is 52.9 Å². The molecule has 0 aliphatic heterocycles. The smallest absolute Gasteiger partial charge is 0.0177 e. The zero-order valence-electron chi connectivity index (χ0n) is 13.1. The van der Waals surface area contributed by atoms with E-state index in [-0.39, 0.29) is 0 Å². The SMILES string of the molecule is CC(C)CNCC1(c2cccs2)CC(C(C)(C)C)C1. The molecule has 0 bridgehead atoms. The van der Waals surface area contributed by atoms with E-state index in [9.17, 15) is 0 Å². The van der Waals surface area contributed by atoms with E-state index in [1.165, 1.54) is 12.8 Å². The maximum absolute atomic E-state index is 3.69. The number of hydrogen-bond donors (Lipinski definition) is 1. The van der Waals surface area contributed by atoms with E-state index < -0.39 is 0 Å². The lowest BCUT2D eigenvalue weighted by molar-refractivity contribution is 0.0467. The molecule has 2 rings (SSSR count). The van der Waals surface area contributed by atoms with E-state index in [0.717, 1.165) is 24.9 Å². The molecule has 1 aromatic rings. The van der Waals surface area contributed by atoms with E-state index in [0.29, 0.717) is 10.8 Å². The topological polar surface area (TPSA) is 12.0 Å². The highest BCUT2D eigenvalue weighted by Gasteiger charge is 2.49. The van der Waals surface area contributed by atoms with Gasteiger partial charge in [-0.25, -0.2) is 0 Å². The fraction of sp³-hybridized carbons (Fsp3) is 0.765. The standard InChI is InChI=1S/C17H29NS/c1-13(2)11-18-12-17(15-7-6-8-19-15)9-14(10-17)16(3,4)5/h6-8,13-14,18H,9-12H2,1-5H3. The molecule has 19 heavy (non-hydrogen) atoms. The molecule has 1 nitrogen and oxygen atoms in total. The van der Waals surface area contributed by atoms with Crippen LogP contribution in [0.4, 0.5) is 0 Å². The summed E-state index contributed by atoms with van der Waals surface area (Å²) in [5.74, 6) is 1.61. The lowest BCUT2D eigenvalue weighted by atomic mass is 9.54. The van der Waals surface area contributed by atoms with Gasteiger partial charge in [0.2, 0.25) is 0 Å². The predicted molar refractivity (Wildman–Crippen MR) is 85.9 cm³/mol. The molecule has 1 saturated carbocycles. The maximum Gasteiger partial charge on any atom is 0.0177 e. The van der Waals surface area contributed by atoms with Crippen molar-refractivity contribution in [1.82, 2.24) is 5.32 Å². The third kappa shape index (κ3) is 3.41. The lowest BCUT2D eigenvalue weighted by Crippen LogP contribution is -2.52. The highest BCUT2D eigenvalue weighted by Crippen LogP contribution is 2.55. The van der Waals surface area contributed by atoms with Gasteiger partial charge >= 0.3 is 0 Å². The minimum absolute atomic E-state index is 0.418. The second-order valence-corrected chi connectivity index (χ2v) is 8.70. The van der Waals surface area contributed by atoms with Gasteiger partial charge in [0, 0.05) is 16.8 Å². The van der Waals surface area contributed by atoms with Crippen molar-refractivity contribution >= 4 is 11.3 Å². The third-order valence-electron chi connectivity index (χ3n) is 4.56. The maximum atomic E-state index is 3.69. The van der Waals surface area contributed by atoms with Crippen LogP contribution >= 0.6 is 11.3 Å². The van der Waals surface area contributed by atoms with Crippen LogP contribution in [0.15, 0.2) is 17.5 Å². The molecule has 1 aliphatic carbocycles. The van der Waals surface area contributed by atoms with Crippen molar-refractivity contribution in [2.75, 3.05) is 13.1 Å². The van der Waals surface area contributed by atoms with Gasteiger partial charge in [-0.1, -0.05) is 40.7 Å². The molecule has 0 aromatic carbocycles. The molecule has 2 heteroatoms. The lowest BCUT2D eigenvalue weighted by Gasteiger charge is -2.53. The number of thiophene rings is 1. The molecule has 1 aromatic heterocycles. The Balaban J connectivity index is 2.01. The summed E-state index contributed by atoms with van der Waals surface area (Å²) in [6.45, 7) is 14.0. The zero-order chi connectivity index (χ0) is 14.1. The minimum Gasteiger partial charge on any atom is -0.316 e. The Labute approximate surface area is 122 Å². The van der Waals surface area contributed by atoms with Crippen LogP contribution in [0, 0.1) is 17.3 Å². The average Bonchev–Trinajstić information content (AvgIpc) is 2.72. The van der Waals surface area contributed by atoms with Crippen molar-refractivity contribution in [3.05, 3.63) is 22.4 Å². The van der Waals surface area contributed by atoms with Crippen molar-refractivity contribution in [3.63, 3.8) is 0 Å². The fourth-order valence-corrected chi connectivity index (χ4v) is 4.06. The Morgan fingerprint density at radius 1 is 1.37 bits per heavy atom. The molecule has 0 unspecified atom stereocenters. The van der Waals surface area contributed by atoms with Crippen LogP contribution in [-0.4, -0.2) is 13.1 Å². The summed E-state index contributed by atoms with van der Waals surface area (Å²) in [6.07, 6.45) is 2.70. The molecule has 0 amide bonds. The van der Waals surface area contributed by atoms with Gasteiger partial charge in [0.1, 0.15) is 0 Å². The van der Waals surface area contributed by atoms with E-state index >= 15 is 0 Å². The van der Waals surface area contributed by atoms with Crippen LogP contribution in [0.3, 0.4) is 0 Å². The van der Waals surface area contributed by atoms with Gasteiger partial charge in [0.25, 0.3) is 0 Å². The first-order chi connectivity index (χ1) is 8.83. The van der Waals surface area contributed by atoms with E-state index in [1.807, 2.05) is 11.3 Å². The quantitative estimate of drug-likeness (QED) is 0.824. The van der Waals surface area contributed by atoms with Gasteiger partial charge < -0.3 is 5.32 Å². The normalized spacial score (nSPS) is 27.6. The van der Waals surface area contributed by atoms with Gasteiger partial charge in [0.05, 0.1) is 0 Å². The van der Waals surface area contributed by atoms with E-state index in [2.05, 4.69) is 57.4 Å². The Hall–Kier alpha value is -0.340. The monoisotopic (exact) mass is 279 g/mol. The van der Waals surface area contributed by atoms with Gasteiger partial charge in [-0.05, 0) is 48.1 Å². The van der Waals surface area contributed by atoms with Crippen molar-refractivity contribution in [2.24, 2.45) is 17.3 Å². The predicted octanol–water partition coefficient (Wildman–Crippen LogP) is 4.69. The third-order valence-corrected chi connectivity index (χ3v) is 5.68.